The van der Waals surface area contributed by atoms with Gasteiger partial charge in [-0.25, -0.2) is 9.38 Å². The Balaban J connectivity index is 0.00000338. The molecule has 1 aromatic carbocycles. The molecule has 1 heterocycles. The maximum absolute atomic E-state index is 13.7. The third kappa shape index (κ3) is 7.69. The average Bonchev–Trinajstić information content (AvgIpc) is 3.12. The van der Waals surface area contributed by atoms with E-state index in [-0.39, 0.29) is 36.4 Å². The van der Waals surface area contributed by atoms with Crippen molar-refractivity contribution in [1.82, 2.24) is 20.4 Å². The molecule has 8 heteroatoms. The molecule has 1 aromatic heterocycles. The van der Waals surface area contributed by atoms with Gasteiger partial charge in [-0.15, -0.1) is 24.0 Å². The molecule has 6 nitrogen and oxygen atoms in total. The van der Waals surface area contributed by atoms with Gasteiger partial charge >= 0.3 is 0 Å². The molecular weight excluding hydrogens is 448 g/mol. The third-order valence-electron chi connectivity index (χ3n) is 3.59. The fourth-order valence-corrected chi connectivity index (χ4v) is 2.39. The lowest BCUT2D eigenvalue weighted by molar-refractivity contribution is 0.181. The fourth-order valence-electron chi connectivity index (χ4n) is 2.39. The molecule has 0 aliphatic carbocycles. The Morgan fingerprint density at radius 2 is 2.19 bits per heavy atom. The zero-order chi connectivity index (χ0) is 17.9. The number of benzene rings is 1. The van der Waals surface area contributed by atoms with E-state index in [2.05, 4.69) is 20.7 Å². The Hall–Kier alpha value is -1.68. The van der Waals surface area contributed by atoms with Gasteiger partial charge in [-0.3, -0.25) is 4.68 Å². The average molecular weight is 475 g/mol. The number of aliphatic imine (C=N–C) groups is 1. The molecule has 0 atom stereocenters. The van der Waals surface area contributed by atoms with Crippen LogP contribution in [0.15, 0.2) is 41.7 Å². The zero-order valence-corrected chi connectivity index (χ0v) is 17.6. The van der Waals surface area contributed by atoms with E-state index in [9.17, 15) is 4.39 Å². The number of aryl methyl sites for hydroxylation is 1. The van der Waals surface area contributed by atoms with Crippen LogP contribution < -0.4 is 10.6 Å². The van der Waals surface area contributed by atoms with E-state index in [1.165, 1.54) is 6.07 Å². The number of hydrogen-bond donors (Lipinski definition) is 2. The number of nitrogens with one attached hydrogen (secondary N) is 2. The largest absolute Gasteiger partial charge is 0.380 e. The number of halogens is 2. The summed E-state index contributed by atoms with van der Waals surface area (Å²) < 4.78 is 20.6. The molecule has 0 saturated carbocycles. The molecule has 0 radical (unpaired) electrons. The Morgan fingerprint density at radius 3 is 2.88 bits per heavy atom. The zero-order valence-electron chi connectivity index (χ0n) is 15.2. The molecule has 2 rings (SSSR count). The van der Waals surface area contributed by atoms with E-state index in [4.69, 9.17) is 4.74 Å². The molecule has 2 aromatic rings. The maximum Gasteiger partial charge on any atom is 0.191 e. The van der Waals surface area contributed by atoms with Crippen molar-refractivity contribution in [3.63, 3.8) is 0 Å². The first-order valence-electron chi connectivity index (χ1n) is 8.48. The summed E-state index contributed by atoms with van der Waals surface area (Å²) in [5, 5.41) is 10.7. The highest BCUT2D eigenvalue weighted by Gasteiger charge is 2.04. The van der Waals surface area contributed by atoms with Crippen molar-refractivity contribution in [2.75, 3.05) is 20.2 Å². The highest BCUT2D eigenvalue weighted by Crippen LogP contribution is 2.12. The van der Waals surface area contributed by atoms with Crippen LogP contribution in [0.5, 0.6) is 0 Å². The van der Waals surface area contributed by atoms with Crippen molar-refractivity contribution in [3.8, 4) is 0 Å². The molecule has 0 amide bonds. The standard InChI is InChI=1S/C18H26FN5O.HI/c1-3-20-18(21-8-4-10-24-11-5-9-23-24)22-13-15-6-7-17(19)16(12-15)14-25-2;/h5-7,9,11-12H,3-4,8,10,13-14H2,1-2H3,(H2,20,21,22);1H. The molecule has 0 bridgehead atoms. The molecule has 0 aliphatic heterocycles. The number of ether oxygens (including phenoxy) is 1. The summed E-state index contributed by atoms with van der Waals surface area (Å²) in [5.41, 5.74) is 1.49. The SMILES string of the molecule is CCNC(=NCc1ccc(F)c(COC)c1)NCCCn1cccn1.I. The van der Waals surface area contributed by atoms with Crippen LogP contribution in [-0.2, 0) is 24.4 Å². The van der Waals surface area contributed by atoms with Crippen LogP contribution in [0.4, 0.5) is 4.39 Å². The quantitative estimate of drug-likeness (QED) is 0.254. The van der Waals surface area contributed by atoms with Crippen LogP contribution in [0.2, 0.25) is 0 Å². The van der Waals surface area contributed by atoms with Gasteiger partial charge in [-0.05, 0) is 37.1 Å². The number of hydrogen-bond acceptors (Lipinski definition) is 3. The van der Waals surface area contributed by atoms with Crippen molar-refractivity contribution in [2.24, 2.45) is 4.99 Å². The van der Waals surface area contributed by atoms with Gasteiger partial charge in [-0.2, -0.15) is 5.10 Å². The van der Waals surface area contributed by atoms with Crippen molar-refractivity contribution in [1.29, 1.82) is 0 Å². The van der Waals surface area contributed by atoms with Crippen molar-refractivity contribution in [2.45, 2.75) is 33.0 Å². The third-order valence-corrected chi connectivity index (χ3v) is 3.59. The van der Waals surface area contributed by atoms with Gasteiger partial charge in [0.15, 0.2) is 5.96 Å². The molecule has 0 saturated heterocycles. The van der Waals surface area contributed by atoms with Gasteiger partial charge < -0.3 is 15.4 Å². The lowest BCUT2D eigenvalue weighted by atomic mass is 10.1. The monoisotopic (exact) mass is 475 g/mol. The topological polar surface area (TPSA) is 63.5 Å². The van der Waals surface area contributed by atoms with Gasteiger partial charge in [0.05, 0.1) is 13.2 Å². The minimum Gasteiger partial charge on any atom is -0.380 e. The first-order valence-corrected chi connectivity index (χ1v) is 8.48. The predicted molar refractivity (Wildman–Crippen MR) is 112 cm³/mol. The van der Waals surface area contributed by atoms with Crippen LogP contribution in [-0.4, -0.2) is 35.9 Å². The number of nitrogens with zero attached hydrogens (tertiary/aromatic N) is 3. The van der Waals surface area contributed by atoms with Crippen LogP contribution in [0.1, 0.15) is 24.5 Å². The van der Waals surface area contributed by atoms with Crippen molar-refractivity contribution >= 4 is 29.9 Å². The molecule has 2 N–H and O–H groups in total. The summed E-state index contributed by atoms with van der Waals surface area (Å²) in [5.74, 6) is 0.499. The van der Waals surface area contributed by atoms with Crippen molar-refractivity contribution < 1.29 is 9.13 Å². The molecule has 0 aliphatic rings. The highest BCUT2D eigenvalue weighted by molar-refractivity contribution is 14.0. The van der Waals surface area contributed by atoms with E-state index in [0.29, 0.717) is 12.1 Å². The summed E-state index contributed by atoms with van der Waals surface area (Å²) in [6, 6.07) is 6.92. The van der Waals surface area contributed by atoms with E-state index in [1.807, 2.05) is 23.9 Å². The molecular formula is C18H27FIN5O. The molecule has 0 spiro atoms. The summed E-state index contributed by atoms with van der Waals surface area (Å²) in [6.07, 6.45) is 4.67. The Labute approximate surface area is 171 Å². The van der Waals surface area contributed by atoms with E-state index in [0.717, 1.165) is 37.6 Å². The molecule has 144 valence electrons. The molecule has 0 fully saturated rings. The second-order valence-electron chi connectivity index (χ2n) is 5.60. The number of aromatic nitrogens is 2. The lowest BCUT2D eigenvalue weighted by Crippen LogP contribution is -2.38. The normalized spacial score (nSPS) is 11.1. The van der Waals surface area contributed by atoms with E-state index >= 15 is 0 Å². The predicted octanol–water partition coefficient (Wildman–Crippen LogP) is 2.93. The summed E-state index contributed by atoms with van der Waals surface area (Å²) in [4.78, 5) is 4.56. The Kier molecular flexibility index (Phi) is 10.9. The van der Waals surface area contributed by atoms with E-state index in [1.54, 1.807) is 25.4 Å². The minimum atomic E-state index is -0.252. The van der Waals surface area contributed by atoms with Crippen LogP contribution in [0.3, 0.4) is 0 Å². The first-order chi connectivity index (χ1) is 12.2. The number of methoxy groups -OCH3 is 1. The summed E-state index contributed by atoms with van der Waals surface area (Å²) in [7, 11) is 1.56. The fraction of sp³-hybridized carbons (Fsp3) is 0.444. The molecule has 26 heavy (non-hydrogen) atoms. The lowest BCUT2D eigenvalue weighted by Gasteiger charge is -2.11. The van der Waals surface area contributed by atoms with Gasteiger partial charge in [-0.1, -0.05) is 6.07 Å². The van der Waals surface area contributed by atoms with Gasteiger partial charge in [0.25, 0.3) is 0 Å². The number of rotatable bonds is 9. The highest BCUT2D eigenvalue weighted by atomic mass is 127. The van der Waals surface area contributed by atoms with Gasteiger partial charge in [0.2, 0.25) is 0 Å². The van der Waals surface area contributed by atoms with Gasteiger partial charge in [0, 0.05) is 44.7 Å². The summed E-state index contributed by atoms with van der Waals surface area (Å²) in [6.45, 7) is 5.20. The van der Waals surface area contributed by atoms with Crippen LogP contribution in [0.25, 0.3) is 0 Å². The molecule has 0 unspecified atom stereocenters. The second kappa shape index (κ2) is 12.6. The smallest absolute Gasteiger partial charge is 0.191 e. The Morgan fingerprint density at radius 1 is 1.35 bits per heavy atom. The second-order valence-corrected chi connectivity index (χ2v) is 5.60. The summed E-state index contributed by atoms with van der Waals surface area (Å²) >= 11 is 0. The van der Waals surface area contributed by atoms with Crippen LogP contribution >= 0.6 is 24.0 Å². The number of guanidine groups is 1. The van der Waals surface area contributed by atoms with Crippen molar-refractivity contribution in [3.05, 3.63) is 53.6 Å². The van der Waals surface area contributed by atoms with Crippen LogP contribution in [0, 0.1) is 5.82 Å². The van der Waals surface area contributed by atoms with E-state index < -0.39 is 0 Å². The maximum atomic E-state index is 13.7. The Bertz CT molecular complexity index is 664. The first kappa shape index (κ1) is 22.4. The van der Waals surface area contributed by atoms with Gasteiger partial charge in [0.1, 0.15) is 5.82 Å². The minimum absolute atomic E-state index is 0.